The van der Waals surface area contributed by atoms with Crippen molar-refractivity contribution in [2.75, 3.05) is 5.32 Å². The lowest BCUT2D eigenvalue weighted by Crippen LogP contribution is -2.33. The van der Waals surface area contributed by atoms with Gasteiger partial charge in [0.15, 0.2) is 0 Å². The predicted molar refractivity (Wildman–Crippen MR) is 76.4 cm³/mol. The SMILES string of the molecule is CCC(C)NC(=O)/C(C#N)=C\Nc1ccc(C#N)cc1. The minimum Gasteiger partial charge on any atom is -0.360 e. The molecule has 5 nitrogen and oxygen atoms in total. The fourth-order valence-electron chi connectivity index (χ4n) is 1.35. The monoisotopic (exact) mass is 268 g/mol. The van der Waals surface area contributed by atoms with Crippen LogP contribution < -0.4 is 10.6 Å². The summed E-state index contributed by atoms with van der Waals surface area (Å²) in [4.78, 5) is 11.8. The number of amides is 1. The summed E-state index contributed by atoms with van der Waals surface area (Å²) in [5, 5.41) is 23.3. The van der Waals surface area contributed by atoms with Crippen LogP contribution in [0.25, 0.3) is 0 Å². The summed E-state index contributed by atoms with van der Waals surface area (Å²) >= 11 is 0. The third kappa shape index (κ3) is 4.47. The normalized spacial score (nSPS) is 11.9. The van der Waals surface area contributed by atoms with E-state index >= 15 is 0 Å². The van der Waals surface area contributed by atoms with Crippen molar-refractivity contribution in [2.45, 2.75) is 26.3 Å². The van der Waals surface area contributed by atoms with Crippen LogP contribution in [0.1, 0.15) is 25.8 Å². The highest BCUT2D eigenvalue weighted by Crippen LogP contribution is 2.09. The third-order valence-corrected chi connectivity index (χ3v) is 2.75. The highest BCUT2D eigenvalue weighted by Gasteiger charge is 2.10. The fraction of sp³-hybridized carbons (Fsp3) is 0.267. The Labute approximate surface area is 118 Å². The molecule has 1 atom stereocenters. The van der Waals surface area contributed by atoms with Crippen LogP contribution in [0.3, 0.4) is 0 Å². The van der Waals surface area contributed by atoms with Crippen molar-refractivity contribution in [1.82, 2.24) is 5.32 Å². The van der Waals surface area contributed by atoms with E-state index < -0.39 is 5.91 Å². The molecule has 2 N–H and O–H groups in total. The summed E-state index contributed by atoms with van der Waals surface area (Å²) in [6.07, 6.45) is 2.16. The molecule has 0 radical (unpaired) electrons. The highest BCUT2D eigenvalue weighted by atomic mass is 16.1. The number of nitrogens with zero attached hydrogens (tertiary/aromatic N) is 2. The zero-order chi connectivity index (χ0) is 15.0. The van der Waals surface area contributed by atoms with E-state index in [0.717, 1.165) is 6.42 Å². The van der Waals surface area contributed by atoms with Crippen LogP contribution in [-0.2, 0) is 4.79 Å². The quantitative estimate of drug-likeness (QED) is 0.633. The van der Waals surface area contributed by atoms with Crippen molar-refractivity contribution >= 4 is 11.6 Å². The topological polar surface area (TPSA) is 88.7 Å². The first-order valence-corrected chi connectivity index (χ1v) is 6.28. The first-order valence-electron chi connectivity index (χ1n) is 6.28. The molecular formula is C15H16N4O. The molecule has 0 aliphatic heterocycles. The number of carbonyl (C=O) groups is 1. The molecular weight excluding hydrogens is 252 g/mol. The molecule has 1 aromatic rings. The van der Waals surface area contributed by atoms with E-state index in [-0.39, 0.29) is 11.6 Å². The van der Waals surface area contributed by atoms with Gasteiger partial charge in [-0.25, -0.2) is 0 Å². The summed E-state index contributed by atoms with van der Waals surface area (Å²) in [7, 11) is 0. The average Bonchev–Trinajstić information content (AvgIpc) is 2.48. The van der Waals surface area contributed by atoms with Crippen LogP contribution in [0.4, 0.5) is 5.69 Å². The molecule has 0 aliphatic carbocycles. The summed E-state index contributed by atoms with van der Waals surface area (Å²) < 4.78 is 0. The maximum atomic E-state index is 11.8. The molecule has 102 valence electrons. The van der Waals surface area contributed by atoms with Crippen molar-refractivity contribution in [3.05, 3.63) is 41.6 Å². The Morgan fingerprint density at radius 1 is 1.35 bits per heavy atom. The lowest BCUT2D eigenvalue weighted by Gasteiger charge is -2.10. The van der Waals surface area contributed by atoms with Crippen molar-refractivity contribution in [2.24, 2.45) is 0 Å². The Hall–Kier alpha value is -2.79. The zero-order valence-corrected chi connectivity index (χ0v) is 11.5. The second-order valence-electron chi connectivity index (χ2n) is 4.29. The molecule has 1 amide bonds. The molecule has 0 fully saturated rings. The largest absolute Gasteiger partial charge is 0.360 e. The van der Waals surface area contributed by atoms with E-state index in [9.17, 15) is 4.79 Å². The first kappa shape index (κ1) is 15.3. The lowest BCUT2D eigenvalue weighted by atomic mass is 10.2. The van der Waals surface area contributed by atoms with Crippen LogP contribution in [-0.4, -0.2) is 11.9 Å². The Morgan fingerprint density at radius 2 is 2.00 bits per heavy atom. The van der Waals surface area contributed by atoms with Gasteiger partial charge < -0.3 is 10.6 Å². The van der Waals surface area contributed by atoms with E-state index in [1.165, 1.54) is 6.20 Å². The number of nitrogens with one attached hydrogen (secondary N) is 2. The van der Waals surface area contributed by atoms with Gasteiger partial charge in [-0.15, -0.1) is 0 Å². The summed E-state index contributed by atoms with van der Waals surface area (Å²) in [5.41, 5.74) is 1.26. The fourth-order valence-corrected chi connectivity index (χ4v) is 1.35. The van der Waals surface area contributed by atoms with Gasteiger partial charge in [-0.1, -0.05) is 6.92 Å². The molecule has 0 aliphatic rings. The van der Waals surface area contributed by atoms with Crippen molar-refractivity contribution in [3.8, 4) is 12.1 Å². The van der Waals surface area contributed by atoms with Gasteiger partial charge in [0.25, 0.3) is 5.91 Å². The van der Waals surface area contributed by atoms with Crippen molar-refractivity contribution < 1.29 is 4.79 Å². The number of benzene rings is 1. The average molecular weight is 268 g/mol. The second kappa shape index (κ2) is 7.60. The zero-order valence-electron chi connectivity index (χ0n) is 11.5. The Balaban J connectivity index is 2.72. The van der Waals surface area contributed by atoms with Crippen LogP contribution in [0.5, 0.6) is 0 Å². The standard InChI is InChI=1S/C15H16N4O/c1-3-11(2)19-15(20)13(9-17)10-18-14-6-4-12(8-16)5-7-14/h4-7,10-11,18H,3H2,1-2H3,(H,19,20)/b13-10-. The van der Waals surface area contributed by atoms with Crippen LogP contribution in [0.2, 0.25) is 0 Å². The second-order valence-corrected chi connectivity index (χ2v) is 4.29. The van der Waals surface area contributed by atoms with Gasteiger partial charge >= 0.3 is 0 Å². The lowest BCUT2D eigenvalue weighted by molar-refractivity contribution is -0.117. The number of anilines is 1. The molecule has 0 aromatic heterocycles. The van der Waals surface area contributed by atoms with Crippen LogP contribution in [0.15, 0.2) is 36.0 Å². The van der Waals surface area contributed by atoms with E-state index in [2.05, 4.69) is 10.6 Å². The summed E-state index contributed by atoms with van der Waals surface area (Å²) in [6.45, 7) is 3.83. The minimum atomic E-state index is -0.400. The van der Waals surface area contributed by atoms with Gasteiger partial charge in [-0.3, -0.25) is 4.79 Å². The molecule has 1 rings (SSSR count). The van der Waals surface area contributed by atoms with Crippen molar-refractivity contribution in [3.63, 3.8) is 0 Å². The van der Waals surface area contributed by atoms with Gasteiger partial charge in [0.05, 0.1) is 11.6 Å². The maximum absolute atomic E-state index is 11.8. The summed E-state index contributed by atoms with van der Waals surface area (Å²) in [6, 6.07) is 10.6. The molecule has 0 saturated heterocycles. The van der Waals surface area contributed by atoms with E-state index in [1.54, 1.807) is 24.3 Å². The Bertz CT molecular complexity index is 575. The summed E-state index contributed by atoms with van der Waals surface area (Å²) in [5.74, 6) is -0.400. The van der Waals surface area contributed by atoms with Crippen molar-refractivity contribution in [1.29, 1.82) is 10.5 Å². The van der Waals surface area contributed by atoms with Crippen LogP contribution >= 0.6 is 0 Å². The predicted octanol–water partition coefficient (Wildman–Crippen LogP) is 2.29. The Kier molecular flexibility index (Phi) is 5.80. The smallest absolute Gasteiger partial charge is 0.263 e. The molecule has 1 unspecified atom stereocenters. The molecule has 0 bridgehead atoms. The number of hydrogen-bond acceptors (Lipinski definition) is 4. The molecule has 20 heavy (non-hydrogen) atoms. The highest BCUT2D eigenvalue weighted by molar-refractivity contribution is 5.97. The molecule has 1 aromatic carbocycles. The first-order chi connectivity index (χ1) is 9.60. The minimum absolute atomic E-state index is 0.00894. The number of rotatable bonds is 5. The molecule has 0 saturated carbocycles. The number of nitriles is 2. The van der Waals surface area contributed by atoms with E-state index in [1.807, 2.05) is 26.0 Å². The number of carbonyl (C=O) groups excluding carboxylic acids is 1. The van der Waals surface area contributed by atoms with Gasteiger partial charge in [0, 0.05) is 17.9 Å². The van der Waals surface area contributed by atoms with Gasteiger partial charge in [0.2, 0.25) is 0 Å². The van der Waals surface area contributed by atoms with Gasteiger partial charge in [-0.2, -0.15) is 10.5 Å². The van der Waals surface area contributed by atoms with Gasteiger partial charge in [0.1, 0.15) is 11.6 Å². The maximum Gasteiger partial charge on any atom is 0.263 e. The molecule has 5 heteroatoms. The third-order valence-electron chi connectivity index (χ3n) is 2.75. The molecule has 0 heterocycles. The van der Waals surface area contributed by atoms with Crippen LogP contribution in [0, 0.1) is 22.7 Å². The van der Waals surface area contributed by atoms with E-state index in [4.69, 9.17) is 10.5 Å². The van der Waals surface area contributed by atoms with E-state index in [0.29, 0.717) is 11.3 Å². The Morgan fingerprint density at radius 3 is 2.50 bits per heavy atom. The van der Waals surface area contributed by atoms with Gasteiger partial charge in [-0.05, 0) is 37.6 Å². The molecule has 0 spiro atoms. The number of hydrogen-bond donors (Lipinski definition) is 2.